The number of carbonyl (C=O) groups excluding carboxylic acids is 1. The van der Waals surface area contributed by atoms with Crippen molar-refractivity contribution in [1.82, 2.24) is 15.4 Å². The van der Waals surface area contributed by atoms with Gasteiger partial charge in [-0.15, -0.1) is 0 Å². The van der Waals surface area contributed by atoms with E-state index in [0.717, 1.165) is 10.5 Å². The third-order valence-electron chi connectivity index (χ3n) is 4.83. The Balaban J connectivity index is 1.81. The predicted molar refractivity (Wildman–Crippen MR) is 143 cm³/mol. The summed E-state index contributed by atoms with van der Waals surface area (Å²) in [5.74, 6) is 0.0728. The van der Waals surface area contributed by atoms with Crippen LogP contribution in [0.2, 0.25) is 5.02 Å². The maximum Gasteiger partial charge on any atom is 0.264 e. The SMILES string of the molecule is CNC(=S)NS(=O)(=O)c1cc(CCNC(=O)c2cc(Cl)ccc2OC)ccc1Sc1ccccc1. The number of methoxy groups -OCH3 is 1. The average molecular weight is 550 g/mol. The van der Waals surface area contributed by atoms with Gasteiger partial charge in [-0.2, -0.15) is 0 Å². The lowest BCUT2D eigenvalue weighted by Gasteiger charge is -2.14. The molecule has 0 spiro atoms. The largest absolute Gasteiger partial charge is 0.496 e. The Morgan fingerprint density at radius 3 is 2.51 bits per heavy atom. The minimum atomic E-state index is -3.94. The van der Waals surface area contributed by atoms with Crippen LogP contribution in [0, 0.1) is 0 Å². The Labute approximate surface area is 219 Å². The number of ether oxygens (including phenoxy) is 1. The van der Waals surface area contributed by atoms with E-state index in [9.17, 15) is 13.2 Å². The third kappa shape index (κ3) is 7.35. The summed E-state index contributed by atoms with van der Waals surface area (Å²) in [6.45, 7) is 0.279. The molecule has 0 aliphatic rings. The Morgan fingerprint density at radius 2 is 1.83 bits per heavy atom. The van der Waals surface area contributed by atoms with Crippen molar-refractivity contribution in [2.45, 2.75) is 21.1 Å². The van der Waals surface area contributed by atoms with Gasteiger partial charge in [-0.25, -0.2) is 8.42 Å². The number of sulfonamides is 1. The topological polar surface area (TPSA) is 96.5 Å². The first kappa shape index (κ1) is 26.8. The van der Waals surface area contributed by atoms with Crippen molar-refractivity contribution in [3.8, 4) is 5.75 Å². The van der Waals surface area contributed by atoms with E-state index in [2.05, 4.69) is 15.4 Å². The Kier molecular flexibility index (Phi) is 9.39. The van der Waals surface area contributed by atoms with E-state index in [1.807, 2.05) is 36.4 Å². The summed E-state index contributed by atoms with van der Waals surface area (Å²) in [4.78, 5) is 14.2. The van der Waals surface area contributed by atoms with Crippen molar-refractivity contribution < 1.29 is 17.9 Å². The molecule has 35 heavy (non-hydrogen) atoms. The van der Waals surface area contributed by atoms with E-state index in [1.165, 1.54) is 24.9 Å². The van der Waals surface area contributed by atoms with Crippen LogP contribution in [0.25, 0.3) is 0 Å². The second-order valence-electron chi connectivity index (χ2n) is 7.23. The first-order valence-corrected chi connectivity index (χ1v) is 13.5. The molecule has 0 saturated heterocycles. The number of benzene rings is 3. The summed E-state index contributed by atoms with van der Waals surface area (Å²) in [6, 6.07) is 19.5. The number of amides is 1. The quantitative estimate of drug-likeness (QED) is 0.343. The third-order valence-corrected chi connectivity index (χ3v) is 8.10. The van der Waals surface area contributed by atoms with E-state index in [4.69, 9.17) is 28.6 Å². The summed E-state index contributed by atoms with van der Waals surface area (Å²) in [7, 11) is -0.919. The van der Waals surface area contributed by atoms with Crippen molar-refractivity contribution >= 4 is 56.6 Å². The molecule has 0 bridgehead atoms. The van der Waals surface area contributed by atoms with E-state index >= 15 is 0 Å². The van der Waals surface area contributed by atoms with Crippen LogP contribution in [0.4, 0.5) is 0 Å². The highest BCUT2D eigenvalue weighted by Gasteiger charge is 2.21. The Bertz CT molecular complexity index is 1320. The highest BCUT2D eigenvalue weighted by molar-refractivity contribution is 8.00. The highest BCUT2D eigenvalue weighted by Crippen LogP contribution is 2.33. The first-order chi connectivity index (χ1) is 16.7. The molecule has 3 aromatic rings. The number of rotatable bonds is 9. The van der Waals surface area contributed by atoms with Gasteiger partial charge < -0.3 is 15.4 Å². The van der Waals surface area contributed by atoms with Gasteiger partial charge in [0.2, 0.25) is 0 Å². The Hall–Kier alpha value is -2.79. The van der Waals surface area contributed by atoms with Crippen LogP contribution in [0.15, 0.2) is 81.4 Å². The lowest BCUT2D eigenvalue weighted by molar-refractivity contribution is 0.0951. The maximum absolute atomic E-state index is 13.1. The number of halogens is 1. The molecule has 0 radical (unpaired) electrons. The molecule has 184 valence electrons. The lowest BCUT2D eigenvalue weighted by Crippen LogP contribution is -2.37. The van der Waals surface area contributed by atoms with Gasteiger partial charge >= 0.3 is 0 Å². The number of carbonyl (C=O) groups is 1. The fourth-order valence-corrected chi connectivity index (χ4v) is 6.01. The van der Waals surface area contributed by atoms with Crippen LogP contribution in [-0.4, -0.2) is 40.1 Å². The van der Waals surface area contributed by atoms with Gasteiger partial charge in [-0.05, 0) is 66.7 Å². The Morgan fingerprint density at radius 1 is 1.09 bits per heavy atom. The standard InChI is InChI=1S/C24H24ClN3O4S3/c1-26-24(33)28-35(30,31)22-14-16(8-11-21(22)34-18-6-4-3-5-7-18)12-13-27-23(29)19-15-17(25)9-10-20(19)32-2/h3-11,14-15H,12-13H2,1-2H3,(H,27,29)(H2,26,28,33). The van der Waals surface area contributed by atoms with Gasteiger partial charge in [0.15, 0.2) is 5.11 Å². The monoisotopic (exact) mass is 549 g/mol. The molecule has 0 atom stereocenters. The highest BCUT2D eigenvalue weighted by atomic mass is 35.5. The lowest BCUT2D eigenvalue weighted by atomic mass is 10.1. The van der Waals surface area contributed by atoms with Crippen molar-refractivity contribution in [3.63, 3.8) is 0 Å². The van der Waals surface area contributed by atoms with E-state index in [-0.39, 0.29) is 22.5 Å². The summed E-state index contributed by atoms with van der Waals surface area (Å²) in [5.41, 5.74) is 1.05. The smallest absolute Gasteiger partial charge is 0.264 e. The van der Waals surface area contributed by atoms with E-state index in [1.54, 1.807) is 31.3 Å². The van der Waals surface area contributed by atoms with Crippen LogP contribution in [0.5, 0.6) is 5.75 Å². The predicted octanol–water partition coefficient (Wildman–Crippen LogP) is 4.25. The molecule has 0 aliphatic carbocycles. The molecule has 0 aliphatic heterocycles. The van der Waals surface area contributed by atoms with Crippen molar-refractivity contribution in [3.05, 3.63) is 82.9 Å². The molecule has 0 saturated carbocycles. The molecule has 3 N–H and O–H groups in total. The first-order valence-electron chi connectivity index (χ1n) is 10.5. The molecule has 0 aromatic heterocycles. The molecule has 7 nitrogen and oxygen atoms in total. The molecule has 0 fully saturated rings. The van der Waals surface area contributed by atoms with Crippen LogP contribution < -0.4 is 20.1 Å². The van der Waals surface area contributed by atoms with E-state index < -0.39 is 10.0 Å². The normalized spacial score (nSPS) is 10.9. The zero-order valence-electron chi connectivity index (χ0n) is 19.0. The van der Waals surface area contributed by atoms with E-state index in [0.29, 0.717) is 27.7 Å². The summed E-state index contributed by atoms with van der Waals surface area (Å²) in [6.07, 6.45) is 0.407. The molecule has 11 heteroatoms. The average Bonchev–Trinajstić information content (AvgIpc) is 2.85. The minimum Gasteiger partial charge on any atom is -0.496 e. The minimum absolute atomic E-state index is 0.00574. The number of thiocarbonyl (C=S) groups is 1. The summed E-state index contributed by atoms with van der Waals surface area (Å²) >= 11 is 12.4. The molecule has 3 aromatic carbocycles. The van der Waals surface area contributed by atoms with Crippen LogP contribution in [-0.2, 0) is 16.4 Å². The fourth-order valence-electron chi connectivity index (χ4n) is 3.12. The molecular weight excluding hydrogens is 526 g/mol. The number of nitrogens with one attached hydrogen (secondary N) is 3. The summed E-state index contributed by atoms with van der Waals surface area (Å²) in [5, 5.41) is 5.86. The zero-order valence-corrected chi connectivity index (χ0v) is 22.2. The molecule has 0 unspecified atom stereocenters. The zero-order chi connectivity index (χ0) is 25.4. The molecule has 1 amide bonds. The van der Waals surface area contributed by atoms with Gasteiger partial charge in [0.05, 0.1) is 12.7 Å². The van der Waals surface area contributed by atoms with Gasteiger partial charge in [-0.3, -0.25) is 9.52 Å². The van der Waals surface area contributed by atoms with Crippen LogP contribution in [0.3, 0.4) is 0 Å². The fraction of sp³-hybridized carbons (Fsp3) is 0.167. The number of hydrogen-bond acceptors (Lipinski definition) is 6. The van der Waals surface area contributed by atoms with Gasteiger partial charge in [0.1, 0.15) is 10.6 Å². The van der Waals surface area contributed by atoms with Gasteiger partial charge in [0.25, 0.3) is 15.9 Å². The van der Waals surface area contributed by atoms with Crippen molar-refractivity contribution in [1.29, 1.82) is 0 Å². The molecular formula is C24H24ClN3O4S3. The second-order valence-corrected chi connectivity index (χ2v) is 10.8. The van der Waals surface area contributed by atoms with Gasteiger partial charge in [-0.1, -0.05) is 47.6 Å². The van der Waals surface area contributed by atoms with Gasteiger partial charge in [0, 0.05) is 28.4 Å². The maximum atomic E-state index is 13.1. The van der Waals surface area contributed by atoms with Crippen molar-refractivity contribution in [2.24, 2.45) is 0 Å². The molecule has 3 rings (SSSR count). The second kappa shape index (κ2) is 12.3. The molecule has 0 heterocycles. The van der Waals surface area contributed by atoms with Crippen molar-refractivity contribution in [2.75, 3.05) is 20.7 Å². The van der Waals surface area contributed by atoms with Crippen LogP contribution in [0.1, 0.15) is 15.9 Å². The summed E-state index contributed by atoms with van der Waals surface area (Å²) < 4.78 is 33.8. The number of hydrogen-bond donors (Lipinski definition) is 3. The van der Waals surface area contributed by atoms with Crippen LogP contribution >= 0.6 is 35.6 Å².